The summed E-state index contributed by atoms with van der Waals surface area (Å²) in [7, 11) is 0. The molecule has 1 aliphatic rings. The van der Waals surface area contributed by atoms with Gasteiger partial charge in [-0.25, -0.2) is 0 Å². The van der Waals surface area contributed by atoms with Crippen LogP contribution in [-0.4, -0.2) is 24.5 Å². The molecule has 3 heteroatoms. The molecule has 88 valence electrons. The molecule has 1 aromatic carbocycles. The number of hydrogen-bond donors (Lipinski definition) is 1. The quantitative estimate of drug-likeness (QED) is 0.877. The van der Waals surface area contributed by atoms with Gasteiger partial charge in [-0.2, -0.15) is 0 Å². The van der Waals surface area contributed by atoms with Gasteiger partial charge in [0.1, 0.15) is 0 Å². The van der Waals surface area contributed by atoms with E-state index >= 15 is 0 Å². The lowest BCUT2D eigenvalue weighted by atomic mass is 9.98. The maximum Gasteiger partial charge on any atom is 0.0406 e. The van der Waals surface area contributed by atoms with E-state index in [4.69, 9.17) is 17.3 Å². The Morgan fingerprint density at radius 3 is 2.75 bits per heavy atom. The molecule has 1 atom stereocenters. The number of benzene rings is 1. The van der Waals surface area contributed by atoms with Crippen LogP contribution in [0.15, 0.2) is 24.3 Å². The number of rotatable bonds is 3. The predicted molar refractivity (Wildman–Crippen MR) is 68.5 cm³/mol. The first kappa shape index (κ1) is 11.9. The molecule has 1 heterocycles. The predicted octanol–water partition coefficient (Wildman–Crippen LogP) is 2.51. The molecule has 1 saturated heterocycles. The summed E-state index contributed by atoms with van der Waals surface area (Å²) in [6, 6.07) is 8.13. The van der Waals surface area contributed by atoms with Crippen molar-refractivity contribution in [3.05, 3.63) is 34.9 Å². The smallest absolute Gasteiger partial charge is 0.0406 e. The Morgan fingerprint density at radius 2 is 2.06 bits per heavy atom. The maximum absolute atomic E-state index is 5.87. The molecule has 1 aliphatic heterocycles. The van der Waals surface area contributed by atoms with Crippen LogP contribution < -0.4 is 5.73 Å². The minimum atomic E-state index is 0.682. The fourth-order valence-corrected chi connectivity index (χ4v) is 2.46. The SMILES string of the molecule is NCC1CCCN(Cc2ccc(Cl)cc2)C1. The molecule has 2 nitrogen and oxygen atoms in total. The minimum absolute atomic E-state index is 0.682. The van der Waals surface area contributed by atoms with Crippen LogP contribution in [0, 0.1) is 5.92 Å². The number of nitrogens with two attached hydrogens (primary N) is 1. The van der Waals surface area contributed by atoms with Crippen molar-refractivity contribution in [1.82, 2.24) is 4.90 Å². The second kappa shape index (κ2) is 5.67. The summed E-state index contributed by atoms with van der Waals surface area (Å²) in [5.74, 6) is 0.682. The maximum atomic E-state index is 5.87. The third-order valence-corrected chi connectivity index (χ3v) is 3.51. The van der Waals surface area contributed by atoms with E-state index in [1.165, 1.54) is 24.9 Å². The van der Waals surface area contributed by atoms with E-state index in [1.807, 2.05) is 12.1 Å². The Hall–Kier alpha value is -0.570. The minimum Gasteiger partial charge on any atom is -0.330 e. The van der Waals surface area contributed by atoms with Crippen LogP contribution in [0.5, 0.6) is 0 Å². The summed E-state index contributed by atoms with van der Waals surface area (Å²) >= 11 is 5.87. The van der Waals surface area contributed by atoms with E-state index in [0.29, 0.717) is 5.92 Å². The Labute approximate surface area is 102 Å². The Bertz CT molecular complexity index is 323. The van der Waals surface area contributed by atoms with E-state index in [9.17, 15) is 0 Å². The van der Waals surface area contributed by atoms with Gasteiger partial charge in [0, 0.05) is 18.1 Å². The molecular formula is C13H19ClN2. The Morgan fingerprint density at radius 1 is 1.31 bits per heavy atom. The number of halogens is 1. The molecular weight excluding hydrogens is 220 g/mol. The highest BCUT2D eigenvalue weighted by Crippen LogP contribution is 2.18. The van der Waals surface area contributed by atoms with E-state index < -0.39 is 0 Å². The van der Waals surface area contributed by atoms with Gasteiger partial charge in [-0.15, -0.1) is 0 Å². The lowest BCUT2D eigenvalue weighted by Crippen LogP contribution is -2.37. The number of hydrogen-bond acceptors (Lipinski definition) is 2. The van der Waals surface area contributed by atoms with Crippen molar-refractivity contribution >= 4 is 11.6 Å². The number of piperidine rings is 1. The van der Waals surface area contributed by atoms with E-state index in [2.05, 4.69) is 17.0 Å². The zero-order valence-corrected chi connectivity index (χ0v) is 10.3. The third kappa shape index (κ3) is 3.21. The Balaban J connectivity index is 1.91. The molecule has 1 aromatic rings. The summed E-state index contributed by atoms with van der Waals surface area (Å²) < 4.78 is 0. The van der Waals surface area contributed by atoms with Crippen LogP contribution in [-0.2, 0) is 6.54 Å². The molecule has 2 rings (SSSR count). The highest BCUT2D eigenvalue weighted by Gasteiger charge is 2.18. The monoisotopic (exact) mass is 238 g/mol. The number of nitrogens with zero attached hydrogens (tertiary/aromatic N) is 1. The second-order valence-corrected chi connectivity index (χ2v) is 5.04. The topological polar surface area (TPSA) is 29.3 Å². The largest absolute Gasteiger partial charge is 0.330 e. The van der Waals surface area contributed by atoms with Gasteiger partial charge >= 0.3 is 0 Å². The average Bonchev–Trinajstić information content (AvgIpc) is 2.32. The van der Waals surface area contributed by atoms with Crippen molar-refractivity contribution in [2.24, 2.45) is 11.7 Å². The Kier molecular flexibility index (Phi) is 4.22. The van der Waals surface area contributed by atoms with Gasteiger partial charge < -0.3 is 5.73 Å². The van der Waals surface area contributed by atoms with Gasteiger partial charge in [0.05, 0.1) is 0 Å². The van der Waals surface area contributed by atoms with Gasteiger partial charge in [0.25, 0.3) is 0 Å². The third-order valence-electron chi connectivity index (χ3n) is 3.26. The highest BCUT2D eigenvalue weighted by atomic mass is 35.5. The van der Waals surface area contributed by atoms with Crippen molar-refractivity contribution in [1.29, 1.82) is 0 Å². The van der Waals surface area contributed by atoms with Gasteiger partial charge in [-0.05, 0) is 49.5 Å². The summed E-state index contributed by atoms with van der Waals surface area (Å²) in [5, 5.41) is 0.808. The molecule has 0 radical (unpaired) electrons. The molecule has 0 saturated carbocycles. The first-order valence-electron chi connectivity index (χ1n) is 5.95. The fourth-order valence-electron chi connectivity index (χ4n) is 2.34. The van der Waals surface area contributed by atoms with Crippen LogP contribution in [0.1, 0.15) is 18.4 Å². The van der Waals surface area contributed by atoms with Crippen molar-refractivity contribution in [2.75, 3.05) is 19.6 Å². The summed E-state index contributed by atoms with van der Waals surface area (Å²) in [6.07, 6.45) is 2.56. The van der Waals surface area contributed by atoms with Gasteiger partial charge in [0.2, 0.25) is 0 Å². The molecule has 0 aromatic heterocycles. The van der Waals surface area contributed by atoms with Crippen molar-refractivity contribution in [2.45, 2.75) is 19.4 Å². The standard InChI is InChI=1S/C13H19ClN2/c14-13-5-3-11(4-6-13)9-16-7-1-2-12(8-15)10-16/h3-6,12H,1-2,7-10,15H2. The molecule has 16 heavy (non-hydrogen) atoms. The number of likely N-dealkylation sites (tertiary alicyclic amines) is 1. The fraction of sp³-hybridized carbons (Fsp3) is 0.538. The molecule has 0 bridgehead atoms. The van der Waals surface area contributed by atoms with Crippen LogP contribution >= 0.6 is 11.6 Å². The van der Waals surface area contributed by atoms with E-state index in [1.54, 1.807) is 0 Å². The van der Waals surface area contributed by atoms with Gasteiger partial charge in [0.15, 0.2) is 0 Å². The summed E-state index contributed by atoms with van der Waals surface area (Å²) in [4.78, 5) is 2.49. The summed E-state index contributed by atoms with van der Waals surface area (Å²) in [5.41, 5.74) is 7.07. The second-order valence-electron chi connectivity index (χ2n) is 4.61. The van der Waals surface area contributed by atoms with Crippen LogP contribution in [0.25, 0.3) is 0 Å². The average molecular weight is 239 g/mol. The van der Waals surface area contributed by atoms with Crippen molar-refractivity contribution in [3.63, 3.8) is 0 Å². The van der Waals surface area contributed by atoms with Crippen LogP contribution in [0.3, 0.4) is 0 Å². The van der Waals surface area contributed by atoms with Crippen molar-refractivity contribution in [3.8, 4) is 0 Å². The first-order valence-corrected chi connectivity index (χ1v) is 6.32. The highest BCUT2D eigenvalue weighted by molar-refractivity contribution is 6.30. The lowest BCUT2D eigenvalue weighted by Gasteiger charge is -2.32. The molecule has 2 N–H and O–H groups in total. The lowest BCUT2D eigenvalue weighted by molar-refractivity contribution is 0.171. The zero-order chi connectivity index (χ0) is 11.4. The van der Waals surface area contributed by atoms with Gasteiger partial charge in [-0.1, -0.05) is 23.7 Å². The van der Waals surface area contributed by atoms with Gasteiger partial charge in [-0.3, -0.25) is 4.90 Å². The first-order chi connectivity index (χ1) is 7.78. The molecule has 0 aliphatic carbocycles. The molecule has 1 fully saturated rings. The molecule has 1 unspecified atom stereocenters. The molecule has 0 spiro atoms. The summed E-state index contributed by atoms with van der Waals surface area (Å²) in [6.45, 7) is 4.17. The normalized spacial score (nSPS) is 22.2. The van der Waals surface area contributed by atoms with E-state index in [-0.39, 0.29) is 0 Å². The van der Waals surface area contributed by atoms with Crippen LogP contribution in [0.2, 0.25) is 5.02 Å². The van der Waals surface area contributed by atoms with Crippen LogP contribution in [0.4, 0.5) is 0 Å². The zero-order valence-electron chi connectivity index (χ0n) is 9.53. The van der Waals surface area contributed by atoms with E-state index in [0.717, 1.165) is 24.7 Å². The molecule has 0 amide bonds. The van der Waals surface area contributed by atoms with Crippen molar-refractivity contribution < 1.29 is 0 Å².